The van der Waals surface area contributed by atoms with E-state index in [2.05, 4.69) is 27.7 Å². The lowest BCUT2D eigenvalue weighted by molar-refractivity contribution is -0.127. The van der Waals surface area contributed by atoms with Crippen molar-refractivity contribution in [2.24, 2.45) is 11.8 Å². The van der Waals surface area contributed by atoms with Gasteiger partial charge in [0.05, 0.1) is 19.3 Å². The van der Waals surface area contributed by atoms with Crippen LogP contribution in [0, 0.1) is 11.8 Å². The third kappa shape index (κ3) is 6.12. The number of halogens is 2. The molecule has 0 aliphatic carbocycles. The van der Waals surface area contributed by atoms with Gasteiger partial charge in [0.25, 0.3) is 0 Å². The van der Waals surface area contributed by atoms with E-state index >= 15 is 0 Å². The van der Waals surface area contributed by atoms with Crippen LogP contribution in [-0.2, 0) is 9.53 Å². The Labute approximate surface area is 162 Å². The molecule has 3 rings (SSSR count). The van der Waals surface area contributed by atoms with Crippen molar-refractivity contribution in [1.29, 1.82) is 0 Å². The van der Waals surface area contributed by atoms with Crippen LogP contribution in [0.15, 0.2) is 30.3 Å². The van der Waals surface area contributed by atoms with Gasteiger partial charge in [-0.15, -0.1) is 24.8 Å². The first-order chi connectivity index (χ1) is 11.2. The number of carbonyl (C=O) groups excluding carboxylic acids is 1. The molecule has 1 amide bonds. The molecule has 2 fully saturated rings. The molecule has 2 aliphatic rings. The predicted molar refractivity (Wildman–Crippen MR) is 105 cm³/mol. The van der Waals surface area contributed by atoms with Crippen LogP contribution in [-0.4, -0.2) is 56.7 Å². The van der Waals surface area contributed by atoms with Gasteiger partial charge in [0, 0.05) is 25.6 Å². The van der Waals surface area contributed by atoms with E-state index in [0.717, 1.165) is 45.9 Å². The summed E-state index contributed by atoms with van der Waals surface area (Å²) in [4.78, 5) is 15.0. The number of rotatable bonds is 6. The Morgan fingerprint density at radius 1 is 1.24 bits per heavy atom. The molecule has 2 aliphatic heterocycles. The van der Waals surface area contributed by atoms with Crippen molar-refractivity contribution in [3.05, 3.63) is 35.9 Å². The van der Waals surface area contributed by atoms with E-state index in [4.69, 9.17) is 4.74 Å². The zero-order valence-electron chi connectivity index (χ0n) is 14.6. The van der Waals surface area contributed by atoms with E-state index in [1.807, 2.05) is 25.1 Å². The van der Waals surface area contributed by atoms with Gasteiger partial charge < -0.3 is 15.4 Å². The van der Waals surface area contributed by atoms with Crippen molar-refractivity contribution in [3.8, 4) is 0 Å². The number of hydrogen-bond acceptors (Lipinski definition) is 4. The highest BCUT2D eigenvalue weighted by Gasteiger charge is 2.30. The minimum Gasteiger partial charge on any atom is -0.379 e. The van der Waals surface area contributed by atoms with E-state index < -0.39 is 0 Å². The largest absolute Gasteiger partial charge is 0.379 e. The molecule has 0 radical (unpaired) electrons. The molecule has 2 heterocycles. The minimum atomic E-state index is 0. The molecule has 0 bridgehead atoms. The van der Waals surface area contributed by atoms with E-state index in [9.17, 15) is 4.79 Å². The van der Waals surface area contributed by atoms with Crippen LogP contribution >= 0.6 is 24.8 Å². The standard InChI is InChI=1S/C18H27N3O2.2ClH/c1-14(16-11-19-12-16)18(22)20-17(15-5-3-2-4-6-15)13-21-7-9-23-10-8-21;;/h2-6,14,16-17,19H,7-13H2,1H3,(H,20,22);2*1H. The van der Waals surface area contributed by atoms with Crippen LogP contribution in [0.1, 0.15) is 18.5 Å². The fourth-order valence-corrected chi connectivity index (χ4v) is 3.14. The Bertz CT molecular complexity index is 508. The number of hydrogen-bond donors (Lipinski definition) is 2. The van der Waals surface area contributed by atoms with Crippen LogP contribution in [0.25, 0.3) is 0 Å². The van der Waals surface area contributed by atoms with Crippen LogP contribution in [0.2, 0.25) is 0 Å². The van der Waals surface area contributed by atoms with E-state index in [1.54, 1.807) is 0 Å². The van der Waals surface area contributed by atoms with Crippen LogP contribution in [0.5, 0.6) is 0 Å². The smallest absolute Gasteiger partial charge is 0.223 e. The molecule has 0 saturated carbocycles. The highest BCUT2D eigenvalue weighted by atomic mass is 35.5. The molecule has 2 N–H and O–H groups in total. The first-order valence-electron chi connectivity index (χ1n) is 8.60. The molecule has 2 saturated heterocycles. The molecular formula is C18H29Cl2N3O2. The highest BCUT2D eigenvalue weighted by molar-refractivity contribution is 5.85. The molecule has 7 heteroatoms. The van der Waals surface area contributed by atoms with Gasteiger partial charge in [-0.1, -0.05) is 37.3 Å². The summed E-state index contributed by atoms with van der Waals surface area (Å²) >= 11 is 0. The highest BCUT2D eigenvalue weighted by Crippen LogP contribution is 2.20. The second kappa shape index (κ2) is 11.0. The second-order valence-corrected chi connectivity index (χ2v) is 6.59. The van der Waals surface area contributed by atoms with E-state index in [-0.39, 0.29) is 42.7 Å². The SMILES string of the molecule is CC(C(=O)NC(CN1CCOCC1)c1ccccc1)C1CNC1.Cl.Cl. The number of nitrogens with one attached hydrogen (secondary N) is 2. The Hall–Kier alpha value is -0.850. The molecule has 1 aromatic carbocycles. The Morgan fingerprint density at radius 3 is 2.44 bits per heavy atom. The third-order valence-electron chi connectivity index (χ3n) is 5.00. The molecule has 2 unspecified atom stereocenters. The van der Waals surface area contributed by atoms with Crippen LogP contribution in [0.4, 0.5) is 0 Å². The lowest BCUT2D eigenvalue weighted by Crippen LogP contribution is -2.51. The molecule has 0 spiro atoms. The first-order valence-corrected chi connectivity index (χ1v) is 8.60. The van der Waals surface area contributed by atoms with Gasteiger partial charge in [0.1, 0.15) is 0 Å². The van der Waals surface area contributed by atoms with Gasteiger partial charge in [-0.2, -0.15) is 0 Å². The van der Waals surface area contributed by atoms with Gasteiger partial charge in [0.2, 0.25) is 5.91 Å². The summed E-state index contributed by atoms with van der Waals surface area (Å²) in [7, 11) is 0. The fourth-order valence-electron chi connectivity index (χ4n) is 3.14. The van der Waals surface area contributed by atoms with Crippen LogP contribution in [0.3, 0.4) is 0 Å². The normalized spacial score (nSPS) is 20.4. The molecule has 142 valence electrons. The lowest BCUT2D eigenvalue weighted by atomic mass is 9.88. The second-order valence-electron chi connectivity index (χ2n) is 6.59. The number of ether oxygens (including phenoxy) is 1. The first kappa shape index (κ1) is 22.2. The summed E-state index contributed by atoms with van der Waals surface area (Å²) in [5.41, 5.74) is 1.17. The van der Waals surface area contributed by atoms with Crippen molar-refractivity contribution in [1.82, 2.24) is 15.5 Å². The lowest BCUT2D eigenvalue weighted by Gasteiger charge is -2.34. The van der Waals surface area contributed by atoms with Gasteiger partial charge in [-0.05, 0) is 24.6 Å². The predicted octanol–water partition coefficient (Wildman–Crippen LogP) is 1.88. The summed E-state index contributed by atoms with van der Waals surface area (Å²) in [6.45, 7) is 8.20. The Kier molecular flexibility index (Phi) is 9.75. The maximum absolute atomic E-state index is 12.6. The number of morpholine rings is 1. The monoisotopic (exact) mass is 389 g/mol. The number of carbonyl (C=O) groups is 1. The molecular weight excluding hydrogens is 361 g/mol. The van der Waals surface area contributed by atoms with Crippen molar-refractivity contribution < 1.29 is 9.53 Å². The summed E-state index contributed by atoms with van der Waals surface area (Å²) in [6, 6.07) is 10.3. The molecule has 5 nitrogen and oxygen atoms in total. The maximum Gasteiger partial charge on any atom is 0.223 e. The Morgan fingerprint density at radius 2 is 1.88 bits per heavy atom. The zero-order valence-corrected chi connectivity index (χ0v) is 16.3. The summed E-state index contributed by atoms with van der Waals surface area (Å²) in [5.74, 6) is 0.695. The topological polar surface area (TPSA) is 53.6 Å². The number of amides is 1. The third-order valence-corrected chi connectivity index (χ3v) is 5.00. The van der Waals surface area contributed by atoms with Crippen molar-refractivity contribution in [3.63, 3.8) is 0 Å². The van der Waals surface area contributed by atoms with Crippen LogP contribution < -0.4 is 10.6 Å². The van der Waals surface area contributed by atoms with Gasteiger partial charge >= 0.3 is 0 Å². The van der Waals surface area contributed by atoms with E-state index in [0.29, 0.717) is 5.92 Å². The fraction of sp³-hybridized carbons (Fsp3) is 0.611. The van der Waals surface area contributed by atoms with E-state index in [1.165, 1.54) is 5.56 Å². The number of benzene rings is 1. The molecule has 25 heavy (non-hydrogen) atoms. The van der Waals surface area contributed by atoms with Crippen molar-refractivity contribution in [2.45, 2.75) is 13.0 Å². The minimum absolute atomic E-state index is 0. The quantitative estimate of drug-likeness (QED) is 0.779. The summed E-state index contributed by atoms with van der Waals surface area (Å²) in [5, 5.41) is 6.53. The van der Waals surface area contributed by atoms with Gasteiger partial charge in [-0.25, -0.2) is 0 Å². The Balaban J connectivity index is 0.00000156. The molecule has 0 aromatic heterocycles. The summed E-state index contributed by atoms with van der Waals surface area (Å²) < 4.78 is 5.42. The molecule has 2 atom stereocenters. The summed E-state index contributed by atoms with van der Waals surface area (Å²) in [6.07, 6.45) is 0. The average molecular weight is 390 g/mol. The van der Waals surface area contributed by atoms with Crippen molar-refractivity contribution in [2.75, 3.05) is 45.9 Å². The maximum atomic E-state index is 12.6. The van der Waals surface area contributed by atoms with Crippen molar-refractivity contribution >= 4 is 30.7 Å². The molecule has 1 aromatic rings. The van der Waals surface area contributed by atoms with Gasteiger partial charge in [-0.3, -0.25) is 9.69 Å². The average Bonchev–Trinajstić information content (AvgIpc) is 2.54. The zero-order chi connectivity index (χ0) is 16.1. The number of nitrogens with zero attached hydrogens (tertiary/aromatic N) is 1. The van der Waals surface area contributed by atoms with Gasteiger partial charge in [0.15, 0.2) is 0 Å².